The Morgan fingerprint density at radius 3 is 2.90 bits per heavy atom. The topological polar surface area (TPSA) is 117 Å². The molecule has 1 saturated carbocycles. The summed E-state index contributed by atoms with van der Waals surface area (Å²) >= 11 is 0. The van der Waals surface area contributed by atoms with Crippen LogP contribution in [0.3, 0.4) is 0 Å². The molecule has 29 heavy (non-hydrogen) atoms. The first-order valence-electron chi connectivity index (χ1n) is 9.55. The summed E-state index contributed by atoms with van der Waals surface area (Å²) in [5, 5.41) is 9.54. The maximum atomic E-state index is 12.3. The zero-order chi connectivity index (χ0) is 19.5. The third-order valence-electron chi connectivity index (χ3n) is 5.73. The second-order valence-corrected chi connectivity index (χ2v) is 7.56. The number of hydrogen-bond acceptors (Lipinski definition) is 5. The SMILES string of the molecule is O=C1NCC(c2cc([C@H]3C[C@@H]3c3nc4ccccc4[nH]3)c3nccn3n2)C(=O)N1. The molecule has 3 amide bonds. The van der Waals surface area contributed by atoms with Gasteiger partial charge in [-0.2, -0.15) is 5.10 Å². The molecule has 0 radical (unpaired) electrons. The maximum absolute atomic E-state index is 12.3. The Hall–Kier alpha value is -3.75. The van der Waals surface area contributed by atoms with E-state index in [-0.39, 0.29) is 24.3 Å². The fraction of sp³-hybridized carbons (Fsp3) is 0.250. The van der Waals surface area contributed by atoms with Crippen molar-refractivity contribution in [3.63, 3.8) is 0 Å². The van der Waals surface area contributed by atoms with Gasteiger partial charge in [-0.05, 0) is 30.5 Å². The Morgan fingerprint density at radius 2 is 2.03 bits per heavy atom. The van der Waals surface area contributed by atoms with Crippen LogP contribution >= 0.6 is 0 Å². The minimum atomic E-state index is -0.526. The van der Waals surface area contributed by atoms with Gasteiger partial charge in [-0.25, -0.2) is 19.3 Å². The third kappa shape index (κ3) is 2.58. The highest BCUT2D eigenvalue weighted by molar-refractivity contribution is 6.00. The lowest BCUT2D eigenvalue weighted by atomic mass is 10.00. The van der Waals surface area contributed by atoms with Gasteiger partial charge in [-0.3, -0.25) is 10.1 Å². The van der Waals surface area contributed by atoms with Gasteiger partial charge in [0.15, 0.2) is 5.65 Å². The van der Waals surface area contributed by atoms with Crippen LogP contribution in [0.15, 0.2) is 42.7 Å². The second-order valence-electron chi connectivity index (χ2n) is 7.56. The minimum Gasteiger partial charge on any atom is -0.342 e. The Kier molecular flexibility index (Phi) is 3.29. The Labute approximate surface area is 164 Å². The van der Waals surface area contributed by atoms with E-state index in [1.165, 1.54) is 0 Å². The summed E-state index contributed by atoms with van der Waals surface area (Å²) < 4.78 is 1.71. The number of aromatic nitrogens is 5. The first-order valence-corrected chi connectivity index (χ1v) is 9.55. The summed E-state index contributed by atoms with van der Waals surface area (Å²) in [5.41, 5.74) is 4.46. The lowest BCUT2D eigenvalue weighted by Gasteiger charge is -2.22. The Bertz CT molecular complexity index is 1260. The number of aromatic amines is 1. The summed E-state index contributed by atoms with van der Waals surface area (Å²) in [6, 6.07) is 9.48. The van der Waals surface area contributed by atoms with Crippen molar-refractivity contribution < 1.29 is 9.59 Å². The number of nitrogens with one attached hydrogen (secondary N) is 3. The van der Waals surface area contributed by atoms with Crippen molar-refractivity contribution in [2.75, 3.05) is 6.54 Å². The van der Waals surface area contributed by atoms with Crippen LogP contribution in [0.1, 0.15) is 41.3 Å². The molecule has 3 aromatic heterocycles. The van der Waals surface area contributed by atoms with Crippen molar-refractivity contribution in [3.8, 4) is 0 Å². The number of hydrogen-bond donors (Lipinski definition) is 3. The van der Waals surface area contributed by atoms with Crippen molar-refractivity contribution in [1.82, 2.24) is 35.2 Å². The van der Waals surface area contributed by atoms with Crippen molar-refractivity contribution in [1.29, 1.82) is 0 Å². The summed E-state index contributed by atoms with van der Waals surface area (Å²) in [7, 11) is 0. The van der Waals surface area contributed by atoms with Crippen LogP contribution in [0.5, 0.6) is 0 Å². The molecule has 3 atom stereocenters. The number of amides is 3. The van der Waals surface area contributed by atoms with Gasteiger partial charge < -0.3 is 10.3 Å². The maximum Gasteiger partial charge on any atom is 0.321 e. The molecular formula is C20H17N7O2. The molecule has 1 saturated heterocycles. The second kappa shape index (κ2) is 5.87. The number of nitrogens with zero attached hydrogens (tertiary/aromatic N) is 4. The fourth-order valence-electron chi connectivity index (χ4n) is 4.16. The minimum absolute atomic E-state index is 0.231. The summed E-state index contributed by atoms with van der Waals surface area (Å²) in [5.74, 6) is 0.640. The largest absolute Gasteiger partial charge is 0.342 e. The number of rotatable bonds is 3. The highest BCUT2D eigenvalue weighted by Gasteiger charge is 2.44. The predicted octanol–water partition coefficient (Wildman–Crippen LogP) is 1.80. The van der Waals surface area contributed by atoms with Crippen LogP contribution in [-0.4, -0.2) is 43.0 Å². The average Bonchev–Trinajstić information content (AvgIpc) is 3.16. The van der Waals surface area contributed by atoms with Crippen LogP contribution in [0.2, 0.25) is 0 Å². The van der Waals surface area contributed by atoms with Crippen LogP contribution < -0.4 is 10.6 Å². The average molecular weight is 387 g/mol. The number of benzene rings is 1. The molecule has 2 aliphatic rings. The van der Waals surface area contributed by atoms with Crippen LogP contribution in [0.25, 0.3) is 16.7 Å². The van der Waals surface area contributed by atoms with Crippen LogP contribution in [0.4, 0.5) is 4.79 Å². The normalized spacial score (nSPS) is 23.9. The Morgan fingerprint density at radius 1 is 1.14 bits per heavy atom. The monoisotopic (exact) mass is 387 g/mol. The number of imidazole rings is 2. The number of imide groups is 1. The molecule has 4 aromatic rings. The summed E-state index contributed by atoms with van der Waals surface area (Å²) in [4.78, 5) is 36.3. The zero-order valence-electron chi connectivity index (χ0n) is 15.3. The van der Waals surface area contributed by atoms with E-state index in [0.717, 1.165) is 34.5 Å². The standard InChI is InChI=1S/C20H17N7O2/c28-19-13(9-22-20(29)25-19)16-8-12(18-21-5-6-27(18)26-16)10-7-11(10)17-23-14-3-1-2-4-15(14)24-17/h1-6,8,10-11,13H,7,9H2,(H,23,24)(H2,22,25,28,29)/t10-,11-,13?/m0/s1. The number of para-hydroxylation sites is 2. The van der Waals surface area contributed by atoms with E-state index >= 15 is 0 Å². The van der Waals surface area contributed by atoms with Crippen molar-refractivity contribution in [2.24, 2.45) is 0 Å². The summed E-state index contributed by atoms with van der Waals surface area (Å²) in [6.45, 7) is 0.231. The molecule has 9 heteroatoms. The Balaban J connectivity index is 1.38. The lowest BCUT2D eigenvalue weighted by Crippen LogP contribution is -2.51. The van der Waals surface area contributed by atoms with Gasteiger partial charge in [-0.1, -0.05) is 12.1 Å². The number of carbonyl (C=O) groups excluding carboxylic acids is 2. The molecule has 4 heterocycles. The number of H-pyrrole nitrogens is 1. The highest BCUT2D eigenvalue weighted by Crippen LogP contribution is 2.55. The molecule has 1 unspecified atom stereocenters. The molecule has 1 aliphatic heterocycles. The van der Waals surface area contributed by atoms with Crippen LogP contribution in [0, 0.1) is 0 Å². The molecule has 9 nitrogen and oxygen atoms in total. The molecular weight excluding hydrogens is 370 g/mol. The molecule has 0 bridgehead atoms. The van der Waals surface area contributed by atoms with Gasteiger partial charge in [0.2, 0.25) is 5.91 Å². The molecule has 1 aliphatic carbocycles. The van der Waals surface area contributed by atoms with Gasteiger partial charge in [0.1, 0.15) is 5.82 Å². The van der Waals surface area contributed by atoms with Gasteiger partial charge in [-0.15, -0.1) is 0 Å². The lowest BCUT2D eigenvalue weighted by molar-refractivity contribution is -0.122. The number of fused-ring (bicyclic) bond motifs is 2. The molecule has 6 rings (SSSR count). The molecule has 2 fully saturated rings. The van der Waals surface area contributed by atoms with E-state index < -0.39 is 11.9 Å². The molecule has 0 spiro atoms. The van der Waals surface area contributed by atoms with Gasteiger partial charge >= 0.3 is 6.03 Å². The van der Waals surface area contributed by atoms with E-state index in [9.17, 15) is 9.59 Å². The van der Waals surface area contributed by atoms with E-state index in [0.29, 0.717) is 5.69 Å². The van der Waals surface area contributed by atoms with E-state index in [1.807, 2.05) is 30.3 Å². The highest BCUT2D eigenvalue weighted by atomic mass is 16.2. The zero-order valence-corrected chi connectivity index (χ0v) is 15.3. The number of urea groups is 1. The first-order chi connectivity index (χ1) is 14.2. The number of carbonyl (C=O) groups is 2. The van der Waals surface area contributed by atoms with Crippen molar-refractivity contribution in [3.05, 3.63) is 59.8 Å². The first kappa shape index (κ1) is 16.2. The van der Waals surface area contributed by atoms with Crippen molar-refractivity contribution in [2.45, 2.75) is 24.2 Å². The summed E-state index contributed by atoms with van der Waals surface area (Å²) in [6.07, 6.45) is 4.44. The van der Waals surface area contributed by atoms with E-state index in [2.05, 4.69) is 25.7 Å². The van der Waals surface area contributed by atoms with Gasteiger partial charge in [0.05, 0.1) is 22.6 Å². The van der Waals surface area contributed by atoms with Crippen molar-refractivity contribution >= 4 is 28.6 Å². The quantitative estimate of drug-likeness (QED) is 0.496. The molecule has 144 valence electrons. The van der Waals surface area contributed by atoms with Gasteiger partial charge in [0.25, 0.3) is 0 Å². The molecule has 1 aromatic carbocycles. The smallest absolute Gasteiger partial charge is 0.321 e. The van der Waals surface area contributed by atoms with E-state index in [4.69, 9.17) is 4.98 Å². The van der Waals surface area contributed by atoms with E-state index in [1.54, 1.807) is 16.9 Å². The van der Waals surface area contributed by atoms with Gasteiger partial charge in [0, 0.05) is 30.4 Å². The third-order valence-corrected chi connectivity index (χ3v) is 5.73. The fourth-order valence-corrected chi connectivity index (χ4v) is 4.16. The molecule has 3 N–H and O–H groups in total. The predicted molar refractivity (Wildman–Crippen MR) is 103 cm³/mol. The van der Waals surface area contributed by atoms with Crippen LogP contribution in [-0.2, 0) is 4.79 Å².